The Hall–Kier alpha value is -0.770. The molecule has 0 fully saturated rings. The largest absolute Gasteiger partial charge is 0.399 e. The second-order valence-corrected chi connectivity index (χ2v) is 4.23. The summed E-state index contributed by atoms with van der Waals surface area (Å²) in [6.45, 7) is 5.65. The zero-order chi connectivity index (χ0) is 12.0. The molecule has 0 heterocycles. The summed E-state index contributed by atoms with van der Waals surface area (Å²) in [4.78, 5) is 0. The van der Waals surface area contributed by atoms with Gasteiger partial charge >= 0.3 is 0 Å². The maximum atomic E-state index is 6.00. The minimum atomic E-state index is 0.240. The van der Waals surface area contributed by atoms with Crippen molar-refractivity contribution in [2.24, 2.45) is 0 Å². The van der Waals surface area contributed by atoms with Crippen molar-refractivity contribution >= 4 is 17.3 Å². The fraction of sp³-hybridized carbons (Fsp3) is 0.500. The number of benzene rings is 1. The molecular formula is C12H18ClNO2. The van der Waals surface area contributed by atoms with Gasteiger partial charge in [-0.25, -0.2) is 0 Å². The van der Waals surface area contributed by atoms with E-state index in [1.165, 1.54) is 0 Å². The average Bonchev–Trinajstić information content (AvgIpc) is 2.20. The van der Waals surface area contributed by atoms with Gasteiger partial charge in [0.15, 0.2) is 0 Å². The van der Waals surface area contributed by atoms with E-state index in [1.54, 1.807) is 6.07 Å². The van der Waals surface area contributed by atoms with E-state index in [9.17, 15) is 0 Å². The van der Waals surface area contributed by atoms with Crippen molar-refractivity contribution in [3.05, 3.63) is 28.8 Å². The van der Waals surface area contributed by atoms with Gasteiger partial charge < -0.3 is 15.2 Å². The van der Waals surface area contributed by atoms with Crippen molar-refractivity contribution < 1.29 is 9.47 Å². The molecule has 0 aromatic heterocycles. The highest BCUT2D eigenvalue weighted by Gasteiger charge is 2.01. The Morgan fingerprint density at radius 2 is 2.06 bits per heavy atom. The van der Waals surface area contributed by atoms with Gasteiger partial charge in [0.2, 0.25) is 0 Å². The molecule has 0 saturated carbocycles. The smallest absolute Gasteiger partial charge is 0.0732 e. The molecule has 1 rings (SSSR count). The Morgan fingerprint density at radius 1 is 1.31 bits per heavy atom. The molecular weight excluding hydrogens is 226 g/mol. The van der Waals surface area contributed by atoms with Gasteiger partial charge in [-0.1, -0.05) is 17.7 Å². The van der Waals surface area contributed by atoms with Gasteiger partial charge in [-0.2, -0.15) is 0 Å². The number of nitrogens with two attached hydrogens (primary N) is 1. The van der Waals surface area contributed by atoms with Crippen LogP contribution in [0, 0.1) is 0 Å². The molecule has 0 saturated heterocycles. The number of anilines is 1. The lowest BCUT2D eigenvalue weighted by molar-refractivity contribution is 0.0143. The van der Waals surface area contributed by atoms with Gasteiger partial charge in [-0.05, 0) is 31.5 Å². The van der Waals surface area contributed by atoms with E-state index in [0.29, 0.717) is 30.5 Å². The molecule has 0 aliphatic heterocycles. The molecule has 0 radical (unpaired) electrons. The molecule has 16 heavy (non-hydrogen) atoms. The highest BCUT2D eigenvalue weighted by molar-refractivity contribution is 6.31. The predicted molar refractivity (Wildman–Crippen MR) is 66.6 cm³/mol. The van der Waals surface area contributed by atoms with Gasteiger partial charge in [0.25, 0.3) is 0 Å². The monoisotopic (exact) mass is 243 g/mol. The van der Waals surface area contributed by atoms with Crippen LogP contribution in [0.5, 0.6) is 0 Å². The van der Waals surface area contributed by atoms with Crippen LogP contribution in [0.4, 0.5) is 5.69 Å². The van der Waals surface area contributed by atoms with Crippen molar-refractivity contribution in [2.75, 3.05) is 18.9 Å². The molecule has 0 aliphatic rings. The van der Waals surface area contributed by atoms with Crippen LogP contribution in [0.1, 0.15) is 19.4 Å². The molecule has 0 unspecified atom stereocenters. The molecule has 0 aliphatic carbocycles. The van der Waals surface area contributed by atoms with E-state index >= 15 is 0 Å². The van der Waals surface area contributed by atoms with Crippen LogP contribution in [0.15, 0.2) is 18.2 Å². The molecule has 0 bridgehead atoms. The highest BCUT2D eigenvalue weighted by Crippen LogP contribution is 2.19. The Bertz CT molecular complexity index is 329. The van der Waals surface area contributed by atoms with E-state index in [2.05, 4.69) is 0 Å². The van der Waals surface area contributed by atoms with Crippen molar-refractivity contribution in [3.63, 3.8) is 0 Å². The standard InChI is InChI=1S/C12H18ClNO2/c1-9(2)16-6-5-15-8-10-3-4-11(14)7-12(10)13/h3-4,7,9H,5-6,8,14H2,1-2H3. The first-order chi connectivity index (χ1) is 7.59. The van der Waals surface area contributed by atoms with E-state index in [1.807, 2.05) is 26.0 Å². The Balaban J connectivity index is 2.27. The Morgan fingerprint density at radius 3 is 2.69 bits per heavy atom. The first kappa shape index (κ1) is 13.3. The van der Waals surface area contributed by atoms with Crippen molar-refractivity contribution in [2.45, 2.75) is 26.6 Å². The van der Waals surface area contributed by atoms with Crippen LogP contribution < -0.4 is 5.73 Å². The molecule has 2 N–H and O–H groups in total. The van der Waals surface area contributed by atoms with Crippen LogP contribution in [0.3, 0.4) is 0 Å². The summed E-state index contributed by atoms with van der Waals surface area (Å²) in [5.41, 5.74) is 7.20. The van der Waals surface area contributed by atoms with Crippen molar-refractivity contribution in [1.29, 1.82) is 0 Å². The maximum absolute atomic E-state index is 6.00. The van der Waals surface area contributed by atoms with E-state index < -0.39 is 0 Å². The summed E-state index contributed by atoms with van der Waals surface area (Å²) in [6, 6.07) is 5.42. The van der Waals surface area contributed by atoms with E-state index in [-0.39, 0.29) is 6.10 Å². The predicted octanol–water partition coefficient (Wildman–Crippen LogP) is 2.86. The third-order valence-electron chi connectivity index (χ3n) is 2.01. The molecule has 3 nitrogen and oxygen atoms in total. The summed E-state index contributed by atoms with van der Waals surface area (Å²) in [6.07, 6.45) is 0.240. The molecule has 1 aromatic rings. The molecule has 0 atom stereocenters. The lowest BCUT2D eigenvalue weighted by Gasteiger charge is -2.09. The van der Waals surface area contributed by atoms with Gasteiger partial charge in [-0.15, -0.1) is 0 Å². The van der Waals surface area contributed by atoms with E-state index in [0.717, 1.165) is 5.56 Å². The summed E-state index contributed by atoms with van der Waals surface area (Å²) < 4.78 is 10.8. The molecule has 1 aromatic carbocycles. The number of ether oxygens (including phenoxy) is 2. The highest BCUT2D eigenvalue weighted by atomic mass is 35.5. The average molecular weight is 244 g/mol. The van der Waals surface area contributed by atoms with Gasteiger partial charge in [0, 0.05) is 10.7 Å². The maximum Gasteiger partial charge on any atom is 0.0732 e. The zero-order valence-corrected chi connectivity index (χ0v) is 10.5. The van der Waals surface area contributed by atoms with Crippen LogP contribution in [0.2, 0.25) is 5.02 Å². The normalized spacial score (nSPS) is 11.0. The molecule has 4 heteroatoms. The quantitative estimate of drug-likeness (QED) is 0.617. The van der Waals surface area contributed by atoms with E-state index in [4.69, 9.17) is 26.8 Å². The summed E-state index contributed by atoms with van der Waals surface area (Å²) in [5.74, 6) is 0. The van der Waals surface area contributed by atoms with Gasteiger partial charge in [0.05, 0.1) is 25.9 Å². The first-order valence-corrected chi connectivity index (χ1v) is 5.70. The summed E-state index contributed by atoms with van der Waals surface area (Å²) >= 11 is 6.00. The van der Waals surface area contributed by atoms with Crippen LogP contribution in [0.25, 0.3) is 0 Å². The lowest BCUT2D eigenvalue weighted by atomic mass is 10.2. The number of hydrogen-bond donors (Lipinski definition) is 1. The lowest BCUT2D eigenvalue weighted by Crippen LogP contribution is -2.09. The Kier molecular flexibility index (Phi) is 5.60. The van der Waals surface area contributed by atoms with Crippen molar-refractivity contribution in [1.82, 2.24) is 0 Å². The summed E-state index contributed by atoms with van der Waals surface area (Å²) in [7, 11) is 0. The fourth-order valence-corrected chi connectivity index (χ4v) is 1.45. The number of nitrogen functional groups attached to an aromatic ring is 1. The van der Waals surface area contributed by atoms with Gasteiger partial charge in [-0.3, -0.25) is 0 Å². The number of hydrogen-bond acceptors (Lipinski definition) is 3. The Labute approximate surface area is 101 Å². The van der Waals surface area contributed by atoms with Crippen LogP contribution >= 0.6 is 11.6 Å². The molecule has 0 spiro atoms. The SMILES string of the molecule is CC(C)OCCOCc1ccc(N)cc1Cl. The fourth-order valence-electron chi connectivity index (χ4n) is 1.21. The van der Waals surface area contributed by atoms with Gasteiger partial charge in [0.1, 0.15) is 0 Å². The zero-order valence-electron chi connectivity index (χ0n) is 9.70. The number of halogens is 1. The van der Waals surface area contributed by atoms with Crippen molar-refractivity contribution in [3.8, 4) is 0 Å². The summed E-state index contributed by atoms with van der Waals surface area (Å²) in [5, 5.41) is 0.643. The van der Waals surface area contributed by atoms with Crippen LogP contribution in [-0.2, 0) is 16.1 Å². The second kappa shape index (κ2) is 6.74. The third kappa shape index (κ3) is 4.84. The number of rotatable bonds is 6. The first-order valence-electron chi connectivity index (χ1n) is 5.33. The topological polar surface area (TPSA) is 44.5 Å². The molecule has 0 amide bonds. The minimum absolute atomic E-state index is 0.240. The third-order valence-corrected chi connectivity index (χ3v) is 2.37. The minimum Gasteiger partial charge on any atom is -0.399 e. The van der Waals surface area contributed by atoms with Crippen LogP contribution in [-0.4, -0.2) is 19.3 Å². The molecule has 90 valence electrons. The second-order valence-electron chi connectivity index (χ2n) is 3.82.